The first kappa shape index (κ1) is 15.1. The highest BCUT2D eigenvalue weighted by Crippen LogP contribution is 2.08. The smallest absolute Gasteiger partial charge is 0.326 e. The van der Waals surface area contributed by atoms with Gasteiger partial charge in [-0.15, -0.1) is 0 Å². The quantitative estimate of drug-likeness (QED) is 0.809. The molecule has 0 unspecified atom stereocenters. The van der Waals surface area contributed by atoms with Crippen LogP contribution in [-0.2, 0) is 11.2 Å². The lowest BCUT2D eigenvalue weighted by molar-refractivity contribution is -0.139. The summed E-state index contributed by atoms with van der Waals surface area (Å²) < 4.78 is 0. The first-order valence-electron chi connectivity index (χ1n) is 6.36. The summed E-state index contributed by atoms with van der Waals surface area (Å²) in [5.41, 5.74) is 1.60. The van der Waals surface area contributed by atoms with Crippen molar-refractivity contribution < 1.29 is 14.7 Å². The van der Waals surface area contributed by atoms with Crippen molar-refractivity contribution in [3.05, 3.63) is 23.0 Å². The van der Waals surface area contributed by atoms with Crippen LogP contribution in [0.15, 0.2) is 6.07 Å². The number of hydrogen-bond donors (Lipinski definition) is 2. The minimum atomic E-state index is -1.02. The molecule has 1 amide bonds. The average molecular weight is 265 g/mol. The zero-order chi connectivity index (χ0) is 14.4. The molecule has 0 bridgehead atoms. The van der Waals surface area contributed by atoms with E-state index in [0.29, 0.717) is 36.2 Å². The van der Waals surface area contributed by atoms with Crippen molar-refractivity contribution in [1.82, 2.24) is 15.5 Å². The lowest BCUT2D eigenvalue weighted by Gasteiger charge is -2.14. The molecule has 0 spiro atoms. The monoisotopic (exact) mass is 265 g/mol. The Morgan fingerprint density at radius 2 is 2.05 bits per heavy atom. The Hall–Kier alpha value is -1.98. The van der Waals surface area contributed by atoms with Crippen LogP contribution < -0.4 is 5.32 Å². The molecule has 0 aliphatic rings. The molecule has 0 aromatic carbocycles. The van der Waals surface area contributed by atoms with Crippen molar-refractivity contribution >= 4 is 11.9 Å². The number of amides is 1. The van der Waals surface area contributed by atoms with E-state index >= 15 is 0 Å². The van der Waals surface area contributed by atoms with Crippen LogP contribution in [0.2, 0.25) is 0 Å². The molecule has 1 heterocycles. The molecule has 0 saturated heterocycles. The maximum Gasteiger partial charge on any atom is 0.326 e. The van der Waals surface area contributed by atoms with Crippen LogP contribution in [0.1, 0.15) is 48.4 Å². The standard InChI is InChI=1S/C13H19N3O3/c1-4-6-11(13(18)19)14-12(17)9-7-8(3)15-16-10(9)5-2/h7,11H,4-6H2,1-3H3,(H,14,17)(H,18,19)/t11-/m1/s1. The van der Waals surface area contributed by atoms with E-state index in [9.17, 15) is 9.59 Å². The van der Waals surface area contributed by atoms with E-state index in [4.69, 9.17) is 5.11 Å². The Bertz CT molecular complexity index is 474. The molecule has 1 aromatic rings. The van der Waals surface area contributed by atoms with Crippen molar-refractivity contribution in [2.24, 2.45) is 0 Å². The number of aryl methyl sites for hydroxylation is 2. The third-order valence-electron chi connectivity index (χ3n) is 2.75. The second kappa shape index (κ2) is 6.82. The van der Waals surface area contributed by atoms with Crippen molar-refractivity contribution in [1.29, 1.82) is 0 Å². The van der Waals surface area contributed by atoms with E-state index in [-0.39, 0.29) is 0 Å². The third kappa shape index (κ3) is 4.01. The van der Waals surface area contributed by atoms with Gasteiger partial charge in [0.25, 0.3) is 5.91 Å². The fourth-order valence-electron chi connectivity index (χ4n) is 1.75. The van der Waals surface area contributed by atoms with Crippen molar-refractivity contribution in [2.45, 2.75) is 46.1 Å². The van der Waals surface area contributed by atoms with Gasteiger partial charge in [-0.2, -0.15) is 10.2 Å². The molecule has 0 fully saturated rings. The highest BCUT2D eigenvalue weighted by molar-refractivity contribution is 5.97. The van der Waals surface area contributed by atoms with E-state index in [1.807, 2.05) is 13.8 Å². The fourth-order valence-corrected chi connectivity index (χ4v) is 1.75. The summed E-state index contributed by atoms with van der Waals surface area (Å²) in [5, 5.41) is 19.4. The van der Waals surface area contributed by atoms with E-state index in [1.165, 1.54) is 0 Å². The largest absolute Gasteiger partial charge is 0.480 e. The Morgan fingerprint density at radius 1 is 1.37 bits per heavy atom. The molecule has 1 aromatic heterocycles. The molecule has 19 heavy (non-hydrogen) atoms. The minimum absolute atomic E-state index is 0.400. The molecule has 0 aliphatic heterocycles. The molecular formula is C13H19N3O3. The maximum absolute atomic E-state index is 12.1. The Morgan fingerprint density at radius 3 is 2.58 bits per heavy atom. The summed E-state index contributed by atoms with van der Waals surface area (Å²) in [7, 11) is 0. The molecule has 0 saturated carbocycles. The van der Waals surface area contributed by atoms with Crippen LogP contribution in [-0.4, -0.2) is 33.2 Å². The van der Waals surface area contributed by atoms with Crippen molar-refractivity contribution in [3.8, 4) is 0 Å². The topological polar surface area (TPSA) is 92.2 Å². The number of carbonyl (C=O) groups is 2. The SMILES string of the molecule is CCC[C@@H](NC(=O)c1cc(C)nnc1CC)C(=O)O. The van der Waals surface area contributed by atoms with Gasteiger partial charge < -0.3 is 10.4 Å². The zero-order valence-electron chi connectivity index (χ0n) is 11.4. The summed E-state index contributed by atoms with van der Waals surface area (Å²) in [6, 6.07) is 0.766. The molecule has 104 valence electrons. The van der Waals surface area contributed by atoms with Gasteiger partial charge in [-0.05, 0) is 25.8 Å². The van der Waals surface area contributed by atoms with Gasteiger partial charge in [0.15, 0.2) is 0 Å². The van der Waals surface area contributed by atoms with E-state index in [1.54, 1.807) is 13.0 Å². The van der Waals surface area contributed by atoms with Gasteiger partial charge in [-0.25, -0.2) is 4.79 Å². The van der Waals surface area contributed by atoms with E-state index in [0.717, 1.165) is 0 Å². The van der Waals surface area contributed by atoms with Crippen molar-refractivity contribution in [2.75, 3.05) is 0 Å². The van der Waals surface area contributed by atoms with Gasteiger partial charge in [-0.3, -0.25) is 4.79 Å². The van der Waals surface area contributed by atoms with Crippen LogP contribution in [0.3, 0.4) is 0 Å². The lowest BCUT2D eigenvalue weighted by Crippen LogP contribution is -2.41. The Kier molecular flexibility index (Phi) is 5.41. The number of carbonyl (C=O) groups excluding carboxylic acids is 1. The number of aliphatic carboxylic acids is 1. The molecular weight excluding hydrogens is 246 g/mol. The minimum Gasteiger partial charge on any atom is -0.480 e. The number of nitrogens with zero attached hydrogens (tertiary/aromatic N) is 2. The van der Waals surface area contributed by atoms with Gasteiger partial charge in [0.1, 0.15) is 6.04 Å². The lowest BCUT2D eigenvalue weighted by atomic mass is 10.1. The molecule has 2 N–H and O–H groups in total. The van der Waals surface area contributed by atoms with Crippen LogP contribution >= 0.6 is 0 Å². The van der Waals surface area contributed by atoms with Gasteiger partial charge >= 0.3 is 5.97 Å². The molecule has 6 nitrogen and oxygen atoms in total. The van der Waals surface area contributed by atoms with Crippen molar-refractivity contribution in [3.63, 3.8) is 0 Å². The van der Waals surface area contributed by atoms with Crippen LogP contribution in [0.4, 0.5) is 0 Å². The fraction of sp³-hybridized carbons (Fsp3) is 0.538. The van der Waals surface area contributed by atoms with Gasteiger partial charge in [0.2, 0.25) is 0 Å². The first-order valence-corrected chi connectivity index (χ1v) is 6.36. The number of rotatable bonds is 6. The number of aromatic nitrogens is 2. The zero-order valence-corrected chi connectivity index (χ0v) is 11.4. The Balaban J connectivity index is 2.93. The molecule has 6 heteroatoms. The Labute approximate surface area is 112 Å². The van der Waals surface area contributed by atoms with E-state index < -0.39 is 17.9 Å². The summed E-state index contributed by atoms with van der Waals surface area (Å²) in [4.78, 5) is 23.2. The second-order valence-corrected chi connectivity index (χ2v) is 4.35. The summed E-state index contributed by atoms with van der Waals surface area (Å²) in [6.45, 7) is 5.48. The summed E-state index contributed by atoms with van der Waals surface area (Å²) >= 11 is 0. The number of hydrogen-bond acceptors (Lipinski definition) is 4. The number of nitrogens with one attached hydrogen (secondary N) is 1. The van der Waals surface area contributed by atoms with Gasteiger partial charge in [0.05, 0.1) is 17.0 Å². The predicted molar refractivity (Wildman–Crippen MR) is 69.9 cm³/mol. The highest BCUT2D eigenvalue weighted by Gasteiger charge is 2.21. The molecule has 0 aliphatic carbocycles. The van der Waals surface area contributed by atoms with E-state index in [2.05, 4.69) is 15.5 Å². The average Bonchev–Trinajstić information content (AvgIpc) is 2.37. The maximum atomic E-state index is 12.1. The molecule has 1 rings (SSSR count). The third-order valence-corrected chi connectivity index (χ3v) is 2.75. The van der Waals surface area contributed by atoms with Gasteiger partial charge in [0, 0.05) is 0 Å². The van der Waals surface area contributed by atoms with Gasteiger partial charge in [-0.1, -0.05) is 20.3 Å². The second-order valence-electron chi connectivity index (χ2n) is 4.35. The van der Waals surface area contributed by atoms with Crippen LogP contribution in [0.25, 0.3) is 0 Å². The summed E-state index contributed by atoms with van der Waals surface area (Å²) in [5.74, 6) is -1.43. The van der Waals surface area contributed by atoms with Crippen LogP contribution in [0.5, 0.6) is 0 Å². The number of carboxylic acid groups (broad SMARTS) is 1. The number of carboxylic acids is 1. The predicted octanol–water partition coefficient (Wildman–Crippen LogP) is 1.33. The van der Waals surface area contributed by atoms with Crippen LogP contribution in [0, 0.1) is 6.92 Å². The normalized spacial score (nSPS) is 11.9. The molecule has 0 radical (unpaired) electrons. The summed E-state index contributed by atoms with van der Waals surface area (Å²) in [6.07, 6.45) is 1.66. The molecule has 1 atom stereocenters. The highest BCUT2D eigenvalue weighted by atomic mass is 16.4. The first-order chi connectivity index (χ1) is 8.99.